The van der Waals surface area contributed by atoms with Crippen LogP contribution in [-0.4, -0.2) is 35.5 Å². The SMILES string of the molecule is CCCNC(=O)c1cc(C)nc(N(CCC)CCC)n1. The van der Waals surface area contributed by atoms with Crippen molar-refractivity contribution in [1.29, 1.82) is 0 Å². The van der Waals surface area contributed by atoms with Crippen LogP contribution in [0.1, 0.15) is 56.2 Å². The van der Waals surface area contributed by atoms with E-state index in [-0.39, 0.29) is 5.91 Å². The molecule has 0 aliphatic heterocycles. The highest BCUT2D eigenvalue weighted by molar-refractivity contribution is 5.92. The largest absolute Gasteiger partial charge is 0.351 e. The number of nitrogens with zero attached hydrogens (tertiary/aromatic N) is 3. The number of carbonyl (C=O) groups excluding carboxylic acids is 1. The van der Waals surface area contributed by atoms with Crippen LogP contribution in [-0.2, 0) is 0 Å². The van der Waals surface area contributed by atoms with E-state index < -0.39 is 0 Å². The first kappa shape index (κ1) is 16.4. The maximum atomic E-state index is 12.0. The summed E-state index contributed by atoms with van der Waals surface area (Å²) in [6, 6.07) is 1.74. The van der Waals surface area contributed by atoms with Gasteiger partial charge in [-0.3, -0.25) is 4.79 Å². The smallest absolute Gasteiger partial charge is 0.270 e. The summed E-state index contributed by atoms with van der Waals surface area (Å²) in [6.07, 6.45) is 2.99. The van der Waals surface area contributed by atoms with E-state index in [1.165, 1.54) is 0 Å². The first-order valence-electron chi connectivity index (χ1n) is 7.51. The van der Waals surface area contributed by atoms with Gasteiger partial charge >= 0.3 is 0 Å². The van der Waals surface area contributed by atoms with E-state index >= 15 is 0 Å². The molecule has 1 amide bonds. The monoisotopic (exact) mass is 278 g/mol. The van der Waals surface area contributed by atoms with Gasteiger partial charge < -0.3 is 10.2 Å². The van der Waals surface area contributed by atoms with Crippen molar-refractivity contribution in [2.24, 2.45) is 0 Å². The van der Waals surface area contributed by atoms with Crippen LogP contribution in [0.2, 0.25) is 0 Å². The standard InChI is InChI=1S/C15H26N4O/c1-5-8-16-14(20)13-11-12(4)17-15(18-13)19(9-6-2)10-7-3/h11H,5-10H2,1-4H3,(H,16,20). The average Bonchev–Trinajstić information content (AvgIpc) is 2.43. The number of rotatable bonds is 8. The summed E-state index contributed by atoms with van der Waals surface area (Å²) in [6.45, 7) is 10.7. The Bertz CT molecular complexity index is 428. The van der Waals surface area contributed by atoms with Crippen LogP contribution in [0, 0.1) is 6.92 Å². The molecule has 0 spiro atoms. The number of nitrogens with one attached hydrogen (secondary N) is 1. The highest BCUT2D eigenvalue weighted by Crippen LogP contribution is 2.11. The summed E-state index contributed by atoms with van der Waals surface area (Å²) in [5, 5.41) is 2.86. The maximum Gasteiger partial charge on any atom is 0.270 e. The predicted molar refractivity (Wildman–Crippen MR) is 82.2 cm³/mol. The Labute approximate surface area is 121 Å². The van der Waals surface area contributed by atoms with E-state index in [0.29, 0.717) is 18.2 Å². The molecule has 1 aromatic heterocycles. The molecule has 20 heavy (non-hydrogen) atoms. The Morgan fingerprint density at radius 2 is 1.80 bits per heavy atom. The van der Waals surface area contributed by atoms with E-state index in [1.807, 2.05) is 13.8 Å². The average molecular weight is 278 g/mol. The molecule has 1 N–H and O–H groups in total. The van der Waals surface area contributed by atoms with Crippen LogP contribution in [0.25, 0.3) is 0 Å². The van der Waals surface area contributed by atoms with Crippen molar-refractivity contribution in [2.45, 2.75) is 47.0 Å². The molecule has 0 atom stereocenters. The van der Waals surface area contributed by atoms with Gasteiger partial charge in [-0.1, -0.05) is 20.8 Å². The summed E-state index contributed by atoms with van der Waals surface area (Å²) in [7, 11) is 0. The molecule has 1 rings (SSSR count). The molecule has 1 heterocycles. The molecule has 0 aliphatic rings. The lowest BCUT2D eigenvalue weighted by Crippen LogP contribution is -2.30. The predicted octanol–water partition coefficient (Wildman–Crippen LogP) is 2.55. The molecular weight excluding hydrogens is 252 g/mol. The van der Waals surface area contributed by atoms with E-state index in [1.54, 1.807) is 6.07 Å². The molecule has 0 bridgehead atoms. The quantitative estimate of drug-likeness (QED) is 0.794. The van der Waals surface area contributed by atoms with Crippen molar-refractivity contribution in [3.63, 3.8) is 0 Å². The van der Waals surface area contributed by atoms with Gasteiger partial charge in [-0.05, 0) is 32.3 Å². The summed E-state index contributed by atoms with van der Waals surface area (Å²) < 4.78 is 0. The first-order valence-corrected chi connectivity index (χ1v) is 7.51. The molecule has 0 saturated heterocycles. The Kier molecular flexibility index (Phi) is 6.98. The van der Waals surface area contributed by atoms with Gasteiger partial charge in [0, 0.05) is 25.3 Å². The molecule has 1 aromatic rings. The Hall–Kier alpha value is -1.65. The van der Waals surface area contributed by atoms with Crippen molar-refractivity contribution < 1.29 is 4.79 Å². The number of aromatic nitrogens is 2. The van der Waals surface area contributed by atoms with E-state index in [2.05, 4.69) is 34.0 Å². The van der Waals surface area contributed by atoms with Crippen LogP contribution < -0.4 is 10.2 Å². The fourth-order valence-corrected chi connectivity index (χ4v) is 1.99. The Morgan fingerprint density at radius 3 is 2.35 bits per heavy atom. The fraction of sp³-hybridized carbons (Fsp3) is 0.667. The lowest BCUT2D eigenvalue weighted by atomic mass is 10.3. The van der Waals surface area contributed by atoms with Crippen LogP contribution in [0.15, 0.2) is 6.07 Å². The molecule has 0 saturated carbocycles. The van der Waals surface area contributed by atoms with Gasteiger partial charge in [-0.2, -0.15) is 0 Å². The molecule has 0 aromatic carbocycles. The van der Waals surface area contributed by atoms with Gasteiger partial charge in [0.1, 0.15) is 5.69 Å². The summed E-state index contributed by atoms with van der Waals surface area (Å²) in [5.74, 6) is 0.543. The van der Waals surface area contributed by atoms with Crippen molar-refractivity contribution >= 4 is 11.9 Å². The normalized spacial score (nSPS) is 10.4. The Balaban J connectivity index is 2.96. The van der Waals surface area contributed by atoms with Crippen LogP contribution >= 0.6 is 0 Å². The van der Waals surface area contributed by atoms with Crippen LogP contribution in [0.3, 0.4) is 0 Å². The topological polar surface area (TPSA) is 58.1 Å². The number of aryl methyl sites for hydroxylation is 1. The number of hydrogen-bond acceptors (Lipinski definition) is 4. The zero-order valence-electron chi connectivity index (χ0n) is 13.1. The minimum absolute atomic E-state index is 0.119. The molecule has 112 valence electrons. The summed E-state index contributed by atoms with van der Waals surface area (Å²) in [5.41, 5.74) is 1.28. The molecular formula is C15H26N4O. The molecule has 0 aliphatic carbocycles. The van der Waals surface area contributed by atoms with Gasteiger partial charge in [0.15, 0.2) is 0 Å². The van der Waals surface area contributed by atoms with Gasteiger partial charge in [-0.25, -0.2) is 9.97 Å². The van der Waals surface area contributed by atoms with Crippen molar-refractivity contribution in [1.82, 2.24) is 15.3 Å². The zero-order valence-corrected chi connectivity index (χ0v) is 13.1. The highest BCUT2D eigenvalue weighted by atomic mass is 16.1. The molecule has 0 fully saturated rings. The lowest BCUT2D eigenvalue weighted by Gasteiger charge is -2.22. The minimum atomic E-state index is -0.119. The van der Waals surface area contributed by atoms with Crippen LogP contribution in [0.5, 0.6) is 0 Å². The number of hydrogen-bond donors (Lipinski definition) is 1. The molecule has 5 heteroatoms. The lowest BCUT2D eigenvalue weighted by molar-refractivity contribution is 0.0948. The zero-order chi connectivity index (χ0) is 15.0. The fourth-order valence-electron chi connectivity index (χ4n) is 1.99. The van der Waals surface area contributed by atoms with Crippen molar-refractivity contribution in [3.05, 3.63) is 17.5 Å². The van der Waals surface area contributed by atoms with Gasteiger partial charge in [0.05, 0.1) is 0 Å². The molecule has 0 unspecified atom stereocenters. The molecule has 0 radical (unpaired) electrons. The highest BCUT2D eigenvalue weighted by Gasteiger charge is 2.13. The van der Waals surface area contributed by atoms with Crippen molar-refractivity contribution in [2.75, 3.05) is 24.5 Å². The van der Waals surface area contributed by atoms with Gasteiger partial charge in [-0.15, -0.1) is 0 Å². The third-order valence-electron chi connectivity index (χ3n) is 2.88. The first-order chi connectivity index (χ1) is 9.62. The molecule has 5 nitrogen and oxygen atoms in total. The van der Waals surface area contributed by atoms with E-state index in [4.69, 9.17) is 0 Å². The van der Waals surface area contributed by atoms with E-state index in [0.717, 1.165) is 38.0 Å². The summed E-state index contributed by atoms with van der Waals surface area (Å²) >= 11 is 0. The van der Waals surface area contributed by atoms with Crippen LogP contribution in [0.4, 0.5) is 5.95 Å². The maximum absolute atomic E-state index is 12.0. The minimum Gasteiger partial charge on any atom is -0.351 e. The second kappa shape index (κ2) is 8.51. The second-order valence-electron chi connectivity index (χ2n) is 4.94. The van der Waals surface area contributed by atoms with Crippen molar-refractivity contribution in [3.8, 4) is 0 Å². The van der Waals surface area contributed by atoms with Gasteiger partial charge in [0.2, 0.25) is 5.95 Å². The second-order valence-corrected chi connectivity index (χ2v) is 4.94. The number of carbonyl (C=O) groups is 1. The summed E-state index contributed by atoms with van der Waals surface area (Å²) in [4.78, 5) is 23.1. The third kappa shape index (κ3) is 4.79. The number of amides is 1. The van der Waals surface area contributed by atoms with E-state index in [9.17, 15) is 4.79 Å². The number of anilines is 1. The van der Waals surface area contributed by atoms with Gasteiger partial charge in [0.25, 0.3) is 5.91 Å². The Morgan fingerprint density at radius 1 is 1.15 bits per heavy atom. The third-order valence-corrected chi connectivity index (χ3v) is 2.88.